The summed E-state index contributed by atoms with van der Waals surface area (Å²) in [5.41, 5.74) is 1.05. The first-order chi connectivity index (χ1) is 10.5. The number of hydrogen-bond acceptors (Lipinski definition) is 3. The van der Waals surface area contributed by atoms with Crippen LogP contribution < -0.4 is 5.32 Å². The van der Waals surface area contributed by atoms with Crippen LogP contribution in [0.1, 0.15) is 25.8 Å². The fourth-order valence-corrected chi connectivity index (χ4v) is 2.62. The molecule has 1 aliphatic heterocycles. The van der Waals surface area contributed by atoms with Gasteiger partial charge in [0.25, 0.3) is 0 Å². The molecule has 1 aromatic carbocycles. The van der Waals surface area contributed by atoms with Crippen molar-refractivity contribution >= 4 is 11.7 Å². The molecule has 122 valence electrons. The molecule has 0 saturated carbocycles. The molecule has 0 aromatic heterocycles. The number of aryl methyl sites for hydroxylation is 1. The molecule has 1 heterocycles. The third-order valence-corrected chi connectivity index (χ3v) is 3.79. The summed E-state index contributed by atoms with van der Waals surface area (Å²) in [5.74, 6) is -0.317. The molecule has 2 amide bonds. The van der Waals surface area contributed by atoms with Crippen molar-refractivity contribution in [3.8, 4) is 0 Å². The Labute approximate surface area is 130 Å². The molecule has 0 radical (unpaired) electrons. The van der Waals surface area contributed by atoms with Gasteiger partial charge in [0.15, 0.2) is 0 Å². The molecule has 5 nitrogen and oxygen atoms in total. The Bertz CT molecular complexity index is 522. The molecule has 0 spiro atoms. The van der Waals surface area contributed by atoms with Crippen LogP contribution in [0.2, 0.25) is 0 Å². The average Bonchev–Trinajstić information content (AvgIpc) is 2.47. The van der Waals surface area contributed by atoms with Crippen molar-refractivity contribution in [1.29, 1.82) is 0 Å². The van der Waals surface area contributed by atoms with E-state index in [1.54, 1.807) is 24.0 Å². The van der Waals surface area contributed by atoms with E-state index in [0.717, 1.165) is 0 Å². The SMILES string of the molecule is CCc1ccc(NC(=O)N2CCOC[C@@H]2C[C@H](C)O)cc1F. The molecule has 2 N–H and O–H groups in total. The van der Waals surface area contributed by atoms with Crippen molar-refractivity contribution in [2.75, 3.05) is 25.1 Å². The maximum Gasteiger partial charge on any atom is 0.322 e. The van der Waals surface area contributed by atoms with Gasteiger partial charge >= 0.3 is 6.03 Å². The Morgan fingerprint density at radius 1 is 1.59 bits per heavy atom. The molecule has 1 aromatic rings. The second kappa shape index (κ2) is 7.56. The van der Waals surface area contributed by atoms with E-state index >= 15 is 0 Å². The quantitative estimate of drug-likeness (QED) is 0.897. The number of amides is 2. The Morgan fingerprint density at radius 3 is 3.00 bits per heavy atom. The van der Waals surface area contributed by atoms with Gasteiger partial charge in [0.2, 0.25) is 0 Å². The normalized spacial score (nSPS) is 19.8. The fourth-order valence-electron chi connectivity index (χ4n) is 2.62. The zero-order chi connectivity index (χ0) is 16.1. The lowest BCUT2D eigenvalue weighted by molar-refractivity contribution is -0.00160. The lowest BCUT2D eigenvalue weighted by Gasteiger charge is -2.36. The highest BCUT2D eigenvalue weighted by molar-refractivity contribution is 5.89. The molecule has 1 fully saturated rings. The summed E-state index contributed by atoms with van der Waals surface area (Å²) < 4.78 is 19.1. The topological polar surface area (TPSA) is 61.8 Å². The van der Waals surface area contributed by atoms with Crippen molar-refractivity contribution in [2.24, 2.45) is 0 Å². The summed E-state index contributed by atoms with van der Waals surface area (Å²) in [7, 11) is 0. The predicted octanol–water partition coefficient (Wildman–Crippen LogP) is 2.39. The second-order valence-corrected chi connectivity index (χ2v) is 5.60. The minimum absolute atomic E-state index is 0.173. The molecular weight excluding hydrogens is 287 g/mol. The number of halogens is 1. The van der Waals surface area contributed by atoms with Gasteiger partial charge in [-0.05, 0) is 37.5 Å². The van der Waals surface area contributed by atoms with E-state index in [2.05, 4.69) is 5.32 Å². The molecule has 1 aliphatic rings. The number of urea groups is 1. The molecule has 2 atom stereocenters. The van der Waals surface area contributed by atoms with Gasteiger partial charge in [0.1, 0.15) is 5.82 Å². The standard InChI is InChI=1S/C16H23FN2O3/c1-3-12-4-5-13(9-15(12)17)18-16(21)19-6-7-22-10-14(19)8-11(2)20/h4-5,9,11,14,20H,3,6-8,10H2,1-2H3,(H,18,21)/t11-,14-/m0/s1. The monoisotopic (exact) mass is 310 g/mol. The summed E-state index contributed by atoms with van der Waals surface area (Å²) >= 11 is 0. The molecule has 0 aliphatic carbocycles. The number of nitrogens with one attached hydrogen (secondary N) is 1. The van der Waals surface area contributed by atoms with E-state index in [9.17, 15) is 14.3 Å². The number of aliphatic hydroxyl groups excluding tert-OH is 1. The van der Waals surface area contributed by atoms with Crippen LogP contribution in [-0.2, 0) is 11.2 Å². The lowest BCUT2D eigenvalue weighted by atomic mass is 10.1. The first-order valence-electron chi connectivity index (χ1n) is 7.63. The van der Waals surface area contributed by atoms with Crippen molar-refractivity contribution in [2.45, 2.75) is 38.8 Å². The number of carbonyl (C=O) groups excluding carboxylic acids is 1. The summed E-state index contributed by atoms with van der Waals surface area (Å²) in [4.78, 5) is 14.0. The first kappa shape index (κ1) is 16.7. The van der Waals surface area contributed by atoms with E-state index in [0.29, 0.717) is 43.9 Å². The van der Waals surface area contributed by atoms with Crippen molar-refractivity contribution in [3.63, 3.8) is 0 Å². The molecule has 1 saturated heterocycles. The largest absolute Gasteiger partial charge is 0.393 e. The number of carbonyl (C=O) groups is 1. The molecule has 2 rings (SSSR count). The predicted molar refractivity (Wildman–Crippen MR) is 82.4 cm³/mol. The lowest BCUT2D eigenvalue weighted by Crippen LogP contribution is -2.51. The van der Waals surface area contributed by atoms with Gasteiger partial charge in [-0.15, -0.1) is 0 Å². The summed E-state index contributed by atoms with van der Waals surface area (Å²) in [6, 6.07) is 4.24. The second-order valence-electron chi connectivity index (χ2n) is 5.60. The maximum absolute atomic E-state index is 13.8. The van der Waals surface area contributed by atoms with Gasteiger partial charge in [-0.1, -0.05) is 13.0 Å². The van der Waals surface area contributed by atoms with E-state index in [1.165, 1.54) is 6.07 Å². The van der Waals surface area contributed by atoms with E-state index in [1.807, 2.05) is 6.92 Å². The van der Waals surface area contributed by atoms with Crippen molar-refractivity contribution < 1.29 is 19.0 Å². The number of ether oxygens (including phenoxy) is 1. The van der Waals surface area contributed by atoms with Crippen LogP contribution in [-0.4, -0.2) is 47.9 Å². The van der Waals surface area contributed by atoms with Crippen LogP contribution in [0.15, 0.2) is 18.2 Å². The smallest absolute Gasteiger partial charge is 0.322 e. The van der Waals surface area contributed by atoms with Crippen LogP contribution in [0.4, 0.5) is 14.9 Å². The summed E-state index contributed by atoms with van der Waals surface area (Å²) in [5, 5.41) is 12.2. The van der Waals surface area contributed by atoms with Gasteiger partial charge in [-0.2, -0.15) is 0 Å². The summed E-state index contributed by atoms with van der Waals surface area (Å²) in [6.45, 7) is 4.89. The van der Waals surface area contributed by atoms with Gasteiger partial charge in [-0.25, -0.2) is 9.18 Å². The Hall–Kier alpha value is -1.66. The van der Waals surface area contributed by atoms with Gasteiger partial charge in [0, 0.05) is 12.2 Å². The zero-order valence-electron chi connectivity index (χ0n) is 13.0. The van der Waals surface area contributed by atoms with E-state index in [-0.39, 0.29) is 17.9 Å². The number of aliphatic hydroxyl groups is 1. The van der Waals surface area contributed by atoms with Crippen molar-refractivity contribution in [3.05, 3.63) is 29.6 Å². The molecule has 22 heavy (non-hydrogen) atoms. The zero-order valence-corrected chi connectivity index (χ0v) is 13.0. The molecular formula is C16H23FN2O3. The van der Waals surface area contributed by atoms with E-state index in [4.69, 9.17) is 4.74 Å². The highest BCUT2D eigenvalue weighted by Gasteiger charge is 2.28. The van der Waals surface area contributed by atoms with Crippen LogP contribution >= 0.6 is 0 Å². The molecule has 6 heteroatoms. The van der Waals surface area contributed by atoms with Crippen molar-refractivity contribution in [1.82, 2.24) is 4.90 Å². The maximum atomic E-state index is 13.8. The third kappa shape index (κ3) is 4.18. The van der Waals surface area contributed by atoms with E-state index < -0.39 is 6.10 Å². The number of benzene rings is 1. The Balaban J connectivity index is 2.04. The van der Waals surface area contributed by atoms with Gasteiger partial charge < -0.3 is 20.1 Å². The van der Waals surface area contributed by atoms with Crippen LogP contribution in [0, 0.1) is 5.82 Å². The van der Waals surface area contributed by atoms with Crippen LogP contribution in [0.5, 0.6) is 0 Å². The minimum Gasteiger partial charge on any atom is -0.393 e. The third-order valence-electron chi connectivity index (χ3n) is 3.79. The number of rotatable bonds is 4. The average molecular weight is 310 g/mol. The Kier molecular flexibility index (Phi) is 5.74. The van der Waals surface area contributed by atoms with Gasteiger partial charge in [-0.3, -0.25) is 0 Å². The number of anilines is 1. The number of nitrogens with zero attached hydrogens (tertiary/aromatic N) is 1. The number of morpholine rings is 1. The fraction of sp³-hybridized carbons (Fsp3) is 0.562. The summed E-state index contributed by atoms with van der Waals surface area (Å²) in [6.07, 6.45) is 0.555. The van der Waals surface area contributed by atoms with Crippen LogP contribution in [0.3, 0.4) is 0 Å². The van der Waals surface area contributed by atoms with Crippen LogP contribution in [0.25, 0.3) is 0 Å². The van der Waals surface area contributed by atoms with Gasteiger partial charge in [0.05, 0.1) is 25.4 Å². The Morgan fingerprint density at radius 2 is 2.36 bits per heavy atom. The molecule has 0 bridgehead atoms. The highest BCUT2D eigenvalue weighted by Crippen LogP contribution is 2.18. The highest BCUT2D eigenvalue weighted by atomic mass is 19.1. The minimum atomic E-state index is -0.511. The molecule has 0 unspecified atom stereocenters. The number of hydrogen-bond donors (Lipinski definition) is 2. The first-order valence-corrected chi connectivity index (χ1v) is 7.63.